The van der Waals surface area contributed by atoms with Gasteiger partial charge in [-0.1, -0.05) is 24.3 Å². The minimum absolute atomic E-state index is 0.155. The molecule has 4 rings (SSSR count). The number of benzene rings is 3. The zero-order chi connectivity index (χ0) is 22.7. The van der Waals surface area contributed by atoms with Crippen molar-refractivity contribution in [2.45, 2.75) is 20.3 Å². The number of nitrogens with one attached hydrogen (secondary N) is 2. The van der Waals surface area contributed by atoms with E-state index in [1.54, 1.807) is 49.8 Å². The number of para-hydroxylation sites is 2. The normalized spacial score (nSPS) is 10.7. The molecule has 0 aliphatic rings. The van der Waals surface area contributed by atoms with Crippen molar-refractivity contribution < 1.29 is 18.7 Å². The van der Waals surface area contributed by atoms with Gasteiger partial charge >= 0.3 is 0 Å². The van der Waals surface area contributed by atoms with Gasteiger partial charge in [0.1, 0.15) is 11.3 Å². The lowest BCUT2D eigenvalue weighted by Gasteiger charge is -2.10. The third-order valence-electron chi connectivity index (χ3n) is 5.48. The van der Waals surface area contributed by atoms with Crippen LogP contribution in [0.4, 0.5) is 11.4 Å². The molecule has 4 aromatic rings. The van der Waals surface area contributed by atoms with Gasteiger partial charge in [-0.3, -0.25) is 9.59 Å². The van der Waals surface area contributed by atoms with Crippen LogP contribution in [-0.4, -0.2) is 18.9 Å². The molecule has 2 N–H and O–H groups in total. The quantitative estimate of drug-likeness (QED) is 0.425. The van der Waals surface area contributed by atoms with Gasteiger partial charge in [0, 0.05) is 22.2 Å². The van der Waals surface area contributed by atoms with E-state index in [4.69, 9.17) is 9.15 Å². The molecule has 32 heavy (non-hydrogen) atoms. The number of amides is 2. The highest BCUT2D eigenvalue weighted by Gasteiger charge is 2.14. The Kier molecular flexibility index (Phi) is 5.94. The molecule has 0 saturated heterocycles. The van der Waals surface area contributed by atoms with Crippen LogP contribution in [0.25, 0.3) is 11.0 Å². The van der Waals surface area contributed by atoms with Crippen molar-refractivity contribution >= 4 is 34.2 Å². The zero-order valence-electron chi connectivity index (χ0n) is 18.2. The van der Waals surface area contributed by atoms with Crippen molar-refractivity contribution in [2.24, 2.45) is 0 Å². The largest absolute Gasteiger partial charge is 0.495 e. The predicted octanol–water partition coefficient (Wildman–Crippen LogP) is 5.49. The van der Waals surface area contributed by atoms with Gasteiger partial charge in [-0.2, -0.15) is 0 Å². The third kappa shape index (κ3) is 4.34. The summed E-state index contributed by atoms with van der Waals surface area (Å²) in [7, 11) is 1.55. The molecule has 0 radical (unpaired) electrons. The molecule has 0 unspecified atom stereocenters. The van der Waals surface area contributed by atoms with Gasteiger partial charge in [0.05, 0.1) is 25.5 Å². The average molecular weight is 428 g/mol. The van der Waals surface area contributed by atoms with Crippen LogP contribution in [0.5, 0.6) is 5.75 Å². The van der Waals surface area contributed by atoms with Crippen LogP contribution in [0.3, 0.4) is 0 Å². The first-order chi connectivity index (χ1) is 15.5. The molecule has 1 aromatic heterocycles. The molecule has 0 aliphatic carbocycles. The maximum atomic E-state index is 12.6. The minimum atomic E-state index is -0.261. The number of fused-ring (bicyclic) bond motifs is 1. The van der Waals surface area contributed by atoms with Crippen molar-refractivity contribution in [3.05, 3.63) is 89.2 Å². The second-order valence-electron chi connectivity index (χ2n) is 7.60. The van der Waals surface area contributed by atoms with E-state index < -0.39 is 0 Å². The molecule has 0 atom stereocenters. The number of rotatable bonds is 6. The summed E-state index contributed by atoms with van der Waals surface area (Å²) in [6.45, 7) is 4.04. The molecule has 6 nitrogen and oxygen atoms in total. The van der Waals surface area contributed by atoms with Gasteiger partial charge in [0.2, 0.25) is 5.91 Å². The Morgan fingerprint density at radius 3 is 2.44 bits per heavy atom. The second-order valence-corrected chi connectivity index (χ2v) is 7.60. The first-order valence-corrected chi connectivity index (χ1v) is 10.3. The Morgan fingerprint density at radius 1 is 0.938 bits per heavy atom. The number of ether oxygens (including phenoxy) is 1. The molecule has 3 aromatic carbocycles. The Morgan fingerprint density at radius 2 is 1.69 bits per heavy atom. The summed E-state index contributed by atoms with van der Waals surface area (Å²) in [6.07, 6.45) is 1.84. The average Bonchev–Trinajstić information content (AvgIpc) is 3.20. The molecule has 2 amide bonds. The molecule has 0 aliphatic heterocycles. The maximum Gasteiger partial charge on any atom is 0.255 e. The van der Waals surface area contributed by atoms with Gasteiger partial charge in [0.15, 0.2) is 0 Å². The van der Waals surface area contributed by atoms with Crippen LogP contribution in [0.1, 0.15) is 27.0 Å². The number of hydrogen-bond acceptors (Lipinski definition) is 4. The number of carbonyl (C=O) groups excluding carboxylic acids is 2. The molecule has 1 heterocycles. The topological polar surface area (TPSA) is 80.6 Å². The summed E-state index contributed by atoms with van der Waals surface area (Å²) in [5.74, 6) is 0.168. The molecule has 0 saturated carbocycles. The molecule has 0 spiro atoms. The van der Waals surface area contributed by atoms with Crippen LogP contribution >= 0.6 is 0 Å². The number of carbonyl (C=O) groups is 2. The van der Waals surface area contributed by atoms with Crippen molar-refractivity contribution in [2.75, 3.05) is 17.7 Å². The first kappa shape index (κ1) is 21.2. The van der Waals surface area contributed by atoms with Crippen LogP contribution in [0.2, 0.25) is 0 Å². The Labute approximate surface area is 186 Å². The molecule has 0 bridgehead atoms. The summed E-state index contributed by atoms with van der Waals surface area (Å²) in [6, 6.07) is 18.0. The number of methoxy groups -OCH3 is 1. The Hall–Kier alpha value is -4.06. The summed E-state index contributed by atoms with van der Waals surface area (Å²) in [5.41, 5.74) is 5.57. The highest BCUT2D eigenvalue weighted by Crippen LogP contribution is 2.27. The zero-order valence-corrected chi connectivity index (χ0v) is 18.2. The number of furan rings is 1. The summed E-state index contributed by atoms with van der Waals surface area (Å²) in [4.78, 5) is 25.1. The number of anilines is 2. The lowest BCUT2D eigenvalue weighted by atomic mass is 10.0. The Balaban J connectivity index is 1.41. The maximum absolute atomic E-state index is 12.6. The van der Waals surface area contributed by atoms with Gasteiger partial charge < -0.3 is 19.8 Å². The first-order valence-electron chi connectivity index (χ1n) is 10.3. The fourth-order valence-electron chi connectivity index (χ4n) is 3.55. The SMILES string of the molecule is COc1ccccc1NC(=O)c1ccc(NC(=O)Cc2coc3c(C)c(C)ccc23)cc1. The van der Waals surface area contributed by atoms with Gasteiger partial charge in [-0.15, -0.1) is 0 Å². The van der Waals surface area contributed by atoms with Crippen LogP contribution in [-0.2, 0) is 11.2 Å². The van der Waals surface area contributed by atoms with Crippen LogP contribution in [0.15, 0.2) is 71.3 Å². The fraction of sp³-hybridized carbons (Fsp3) is 0.154. The summed E-state index contributed by atoms with van der Waals surface area (Å²) < 4.78 is 10.9. The van der Waals surface area contributed by atoms with Crippen molar-refractivity contribution in [1.29, 1.82) is 0 Å². The smallest absolute Gasteiger partial charge is 0.255 e. The lowest BCUT2D eigenvalue weighted by molar-refractivity contribution is -0.115. The van der Waals surface area contributed by atoms with Crippen molar-refractivity contribution in [1.82, 2.24) is 0 Å². The highest BCUT2D eigenvalue weighted by atomic mass is 16.5. The van der Waals surface area contributed by atoms with Gasteiger partial charge in [-0.05, 0) is 61.4 Å². The van der Waals surface area contributed by atoms with Crippen molar-refractivity contribution in [3.8, 4) is 5.75 Å². The van der Waals surface area contributed by atoms with E-state index in [1.807, 2.05) is 38.1 Å². The van der Waals surface area contributed by atoms with E-state index in [0.29, 0.717) is 22.7 Å². The Bertz CT molecular complexity index is 1290. The molecule has 6 heteroatoms. The molecule has 0 fully saturated rings. The van der Waals surface area contributed by atoms with Crippen molar-refractivity contribution in [3.63, 3.8) is 0 Å². The fourth-order valence-corrected chi connectivity index (χ4v) is 3.55. The molecular formula is C26H24N2O4. The highest BCUT2D eigenvalue weighted by molar-refractivity contribution is 6.05. The van der Waals surface area contributed by atoms with Crippen LogP contribution < -0.4 is 15.4 Å². The molecule has 162 valence electrons. The number of aryl methyl sites for hydroxylation is 2. The van der Waals surface area contributed by atoms with Gasteiger partial charge in [0.25, 0.3) is 5.91 Å². The summed E-state index contributed by atoms with van der Waals surface area (Å²) in [5, 5.41) is 6.65. The van der Waals surface area contributed by atoms with E-state index in [1.165, 1.54) is 0 Å². The van der Waals surface area contributed by atoms with Gasteiger partial charge in [-0.25, -0.2) is 0 Å². The predicted molar refractivity (Wildman–Crippen MR) is 125 cm³/mol. The number of hydrogen-bond donors (Lipinski definition) is 2. The molecular weight excluding hydrogens is 404 g/mol. The van der Waals surface area contributed by atoms with Crippen LogP contribution in [0, 0.1) is 13.8 Å². The second kappa shape index (κ2) is 8.98. The van der Waals surface area contributed by atoms with E-state index in [2.05, 4.69) is 10.6 Å². The van der Waals surface area contributed by atoms with E-state index in [9.17, 15) is 9.59 Å². The van der Waals surface area contributed by atoms with E-state index >= 15 is 0 Å². The monoisotopic (exact) mass is 428 g/mol. The van der Waals surface area contributed by atoms with E-state index in [-0.39, 0.29) is 18.2 Å². The lowest BCUT2D eigenvalue weighted by Crippen LogP contribution is -2.15. The van der Waals surface area contributed by atoms with E-state index in [0.717, 1.165) is 27.7 Å². The third-order valence-corrected chi connectivity index (χ3v) is 5.48. The minimum Gasteiger partial charge on any atom is -0.495 e. The summed E-state index contributed by atoms with van der Waals surface area (Å²) >= 11 is 0. The standard InChI is InChI=1S/C26H24N2O4/c1-16-8-13-21-19(15-32-25(21)17(16)2)14-24(29)27-20-11-9-18(10-12-20)26(30)28-22-6-4-5-7-23(22)31-3/h4-13,15H,14H2,1-3H3,(H,27,29)(H,28,30).